The van der Waals surface area contributed by atoms with Crippen molar-refractivity contribution < 1.29 is 9.90 Å². The van der Waals surface area contributed by atoms with Gasteiger partial charge < -0.3 is 5.11 Å². The molecule has 3 nitrogen and oxygen atoms in total. The van der Waals surface area contributed by atoms with Crippen molar-refractivity contribution in [1.82, 2.24) is 4.98 Å². The van der Waals surface area contributed by atoms with Gasteiger partial charge in [0.25, 0.3) is 0 Å². The number of aromatic carboxylic acids is 1. The fourth-order valence-corrected chi connectivity index (χ4v) is 1.07. The van der Waals surface area contributed by atoms with Gasteiger partial charge >= 0.3 is 5.97 Å². The number of carboxylic acid groups (broad SMARTS) is 1. The summed E-state index contributed by atoms with van der Waals surface area (Å²) in [6, 6.07) is 3.08. The van der Waals surface area contributed by atoms with Gasteiger partial charge in [-0.25, -0.2) is 9.78 Å². The molecule has 1 heterocycles. The van der Waals surface area contributed by atoms with Crippen LogP contribution in [0, 0.1) is 11.8 Å². The Hall–Kier alpha value is -1.34. The quantitative estimate of drug-likeness (QED) is 0.647. The van der Waals surface area contributed by atoms with E-state index in [-0.39, 0.29) is 5.56 Å². The molecular formula is C10H8BrNO2. The smallest absolute Gasteiger partial charge is 0.338 e. The highest BCUT2D eigenvalue weighted by Gasteiger charge is 2.07. The maximum atomic E-state index is 10.7. The summed E-state index contributed by atoms with van der Waals surface area (Å²) in [4.78, 5) is 14.6. The third-order valence-corrected chi connectivity index (χ3v) is 1.86. The van der Waals surface area contributed by atoms with Crippen molar-refractivity contribution in [2.45, 2.75) is 6.42 Å². The molecule has 0 fully saturated rings. The molecule has 0 unspecified atom stereocenters. The van der Waals surface area contributed by atoms with E-state index in [0.717, 1.165) is 5.33 Å². The normalized spacial score (nSPS) is 8.93. The lowest BCUT2D eigenvalue weighted by Gasteiger charge is -1.95. The summed E-state index contributed by atoms with van der Waals surface area (Å²) < 4.78 is 0. The second-order valence-corrected chi connectivity index (χ2v) is 3.24. The molecule has 4 heteroatoms. The van der Waals surface area contributed by atoms with Crippen LogP contribution >= 0.6 is 15.9 Å². The SMILES string of the molecule is O=C(O)c1cccnc1C#CCCBr. The van der Waals surface area contributed by atoms with Crippen LogP contribution in [0.3, 0.4) is 0 Å². The van der Waals surface area contributed by atoms with E-state index in [1.165, 1.54) is 12.3 Å². The van der Waals surface area contributed by atoms with Gasteiger partial charge in [0.15, 0.2) is 0 Å². The lowest BCUT2D eigenvalue weighted by Crippen LogP contribution is -2.01. The zero-order valence-corrected chi connectivity index (χ0v) is 8.91. The van der Waals surface area contributed by atoms with Crippen LogP contribution in [0.5, 0.6) is 0 Å². The number of hydrogen-bond donors (Lipinski definition) is 1. The maximum Gasteiger partial charge on any atom is 0.338 e. The monoisotopic (exact) mass is 253 g/mol. The number of nitrogens with zero attached hydrogens (tertiary/aromatic N) is 1. The number of carbonyl (C=O) groups is 1. The van der Waals surface area contributed by atoms with Crippen LogP contribution in [0.4, 0.5) is 0 Å². The van der Waals surface area contributed by atoms with E-state index in [1.54, 1.807) is 6.07 Å². The molecule has 0 aromatic carbocycles. The molecule has 0 radical (unpaired) electrons. The largest absolute Gasteiger partial charge is 0.478 e. The topological polar surface area (TPSA) is 50.2 Å². The Labute approximate surface area is 90.3 Å². The fraction of sp³-hybridized carbons (Fsp3) is 0.200. The molecule has 0 saturated carbocycles. The van der Waals surface area contributed by atoms with E-state index < -0.39 is 5.97 Å². The van der Waals surface area contributed by atoms with Gasteiger partial charge in [0.2, 0.25) is 0 Å². The van der Waals surface area contributed by atoms with Gasteiger partial charge in [-0.15, -0.1) is 0 Å². The maximum absolute atomic E-state index is 10.7. The highest BCUT2D eigenvalue weighted by atomic mass is 79.9. The van der Waals surface area contributed by atoms with Gasteiger partial charge in [0, 0.05) is 17.9 Å². The molecule has 0 spiro atoms. The summed E-state index contributed by atoms with van der Waals surface area (Å²) >= 11 is 3.23. The highest BCUT2D eigenvalue weighted by molar-refractivity contribution is 9.09. The summed E-state index contributed by atoms with van der Waals surface area (Å²) in [5, 5.41) is 9.58. The molecule has 1 rings (SSSR count). The molecule has 1 aromatic heterocycles. The van der Waals surface area contributed by atoms with E-state index in [4.69, 9.17) is 5.11 Å². The number of halogens is 1. The molecule has 0 aliphatic heterocycles. The Morgan fingerprint density at radius 3 is 3.07 bits per heavy atom. The van der Waals surface area contributed by atoms with Crippen LogP contribution in [0.1, 0.15) is 22.5 Å². The molecule has 14 heavy (non-hydrogen) atoms. The summed E-state index contributed by atoms with van der Waals surface area (Å²) in [5.41, 5.74) is 0.468. The van der Waals surface area contributed by atoms with Crippen LogP contribution in [0.15, 0.2) is 18.3 Å². The van der Waals surface area contributed by atoms with Crippen molar-refractivity contribution in [2.24, 2.45) is 0 Å². The van der Waals surface area contributed by atoms with E-state index in [0.29, 0.717) is 12.1 Å². The first-order chi connectivity index (χ1) is 6.75. The Morgan fingerprint density at radius 2 is 2.43 bits per heavy atom. The molecule has 1 aromatic rings. The minimum atomic E-state index is -0.999. The molecule has 72 valence electrons. The number of carboxylic acids is 1. The van der Waals surface area contributed by atoms with Gasteiger partial charge in [-0.05, 0) is 18.1 Å². The minimum Gasteiger partial charge on any atom is -0.478 e. The lowest BCUT2D eigenvalue weighted by atomic mass is 10.2. The first-order valence-corrected chi connectivity index (χ1v) is 5.11. The van der Waals surface area contributed by atoms with E-state index in [9.17, 15) is 4.79 Å². The standard InChI is InChI=1S/C10H8BrNO2/c11-6-2-1-5-9-8(10(13)14)4-3-7-12-9/h3-4,7H,2,6H2,(H,13,14). The van der Waals surface area contributed by atoms with Gasteiger partial charge in [0.1, 0.15) is 5.69 Å². The zero-order chi connectivity index (χ0) is 10.4. The van der Waals surface area contributed by atoms with E-state index in [1.807, 2.05) is 0 Å². The van der Waals surface area contributed by atoms with Crippen molar-refractivity contribution in [3.05, 3.63) is 29.6 Å². The highest BCUT2D eigenvalue weighted by Crippen LogP contribution is 2.03. The number of pyridine rings is 1. The Bertz CT molecular complexity index is 393. The van der Waals surface area contributed by atoms with Crippen LogP contribution in [0.25, 0.3) is 0 Å². The lowest BCUT2D eigenvalue weighted by molar-refractivity contribution is 0.0696. The fourth-order valence-electron chi connectivity index (χ4n) is 0.871. The van der Waals surface area contributed by atoms with Crippen LogP contribution in [-0.2, 0) is 0 Å². The van der Waals surface area contributed by atoms with Crippen molar-refractivity contribution >= 4 is 21.9 Å². The minimum absolute atomic E-state index is 0.148. The van der Waals surface area contributed by atoms with E-state index in [2.05, 4.69) is 32.8 Å². The molecule has 0 saturated heterocycles. The van der Waals surface area contributed by atoms with Crippen molar-refractivity contribution in [3.8, 4) is 11.8 Å². The number of hydrogen-bond acceptors (Lipinski definition) is 2. The third kappa shape index (κ3) is 2.86. The molecule has 0 amide bonds. The first-order valence-electron chi connectivity index (χ1n) is 3.99. The Kier molecular flexibility index (Phi) is 4.14. The second-order valence-electron chi connectivity index (χ2n) is 2.45. The average molecular weight is 254 g/mol. The van der Waals surface area contributed by atoms with Crippen molar-refractivity contribution in [1.29, 1.82) is 0 Å². The van der Waals surface area contributed by atoms with Gasteiger partial charge in [-0.1, -0.05) is 21.9 Å². The predicted octanol–water partition coefficient (Wildman–Crippen LogP) is 1.92. The third-order valence-electron chi connectivity index (χ3n) is 1.46. The predicted molar refractivity (Wildman–Crippen MR) is 56.5 cm³/mol. The molecule has 0 aliphatic rings. The zero-order valence-electron chi connectivity index (χ0n) is 7.33. The summed E-state index contributed by atoms with van der Waals surface area (Å²) in [6.07, 6.45) is 2.21. The summed E-state index contributed by atoms with van der Waals surface area (Å²) in [7, 11) is 0. The Morgan fingerprint density at radius 1 is 1.64 bits per heavy atom. The Balaban J connectivity index is 2.97. The van der Waals surface area contributed by atoms with E-state index >= 15 is 0 Å². The van der Waals surface area contributed by atoms with Gasteiger partial charge in [-0.3, -0.25) is 0 Å². The van der Waals surface area contributed by atoms with Crippen LogP contribution in [-0.4, -0.2) is 21.4 Å². The molecular weight excluding hydrogens is 246 g/mol. The average Bonchev–Trinajstić information content (AvgIpc) is 2.19. The van der Waals surface area contributed by atoms with Crippen molar-refractivity contribution in [2.75, 3.05) is 5.33 Å². The molecule has 0 atom stereocenters. The van der Waals surface area contributed by atoms with Crippen LogP contribution in [0.2, 0.25) is 0 Å². The number of rotatable bonds is 2. The summed E-state index contributed by atoms with van der Waals surface area (Å²) in [5.74, 6) is 4.55. The van der Waals surface area contributed by atoms with Gasteiger partial charge in [0.05, 0.1) is 5.56 Å². The van der Waals surface area contributed by atoms with Gasteiger partial charge in [-0.2, -0.15) is 0 Å². The molecule has 0 aliphatic carbocycles. The summed E-state index contributed by atoms with van der Waals surface area (Å²) in [6.45, 7) is 0. The molecule has 1 N–H and O–H groups in total. The van der Waals surface area contributed by atoms with Crippen molar-refractivity contribution in [3.63, 3.8) is 0 Å². The molecule has 0 bridgehead atoms. The van der Waals surface area contributed by atoms with Crippen LogP contribution < -0.4 is 0 Å². The number of aromatic nitrogens is 1. The second kappa shape index (κ2) is 5.40. The first kappa shape index (κ1) is 10.7. The number of alkyl halides is 1.